The van der Waals surface area contributed by atoms with Crippen LogP contribution in [0.2, 0.25) is 0 Å². The van der Waals surface area contributed by atoms with E-state index in [4.69, 9.17) is 0 Å². The van der Waals surface area contributed by atoms with Gasteiger partial charge in [-0.3, -0.25) is 19.0 Å². The fourth-order valence-electron chi connectivity index (χ4n) is 4.08. The maximum Gasteiger partial charge on any atom is 0.261 e. The van der Waals surface area contributed by atoms with Crippen molar-refractivity contribution in [3.05, 3.63) is 108 Å². The van der Waals surface area contributed by atoms with Gasteiger partial charge in [0.1, 0.15) is 0 Å². The van der Waals surface area contributed by atoms with Crippen LogP contribution in [-0.4, -0.2) is 68.1 Å². The summed E-state index contributed by atoms with van der Waals surface area (Å²) in [4.78, 5) is 29.3. The van der Waals surface area contributed by atoms with Gasteiger partial charge in [0.2, 0.25) is 0 Å². The van der Waals surface area contributed by atoms with E-state index in [-0.39, 0.29) is 32.9 Å². The lowest BCUT2D eigenvalue weighted by Gasteiger charge is -2.13. The Labute approximate surface area is 278 Å². The van der Waals surface area contributed by atoms with E-state index >= 15 is 0 Å². The smallest absolute Gasteiger partial charge is 0.261 e. The number of Topliss-reactive ketones (excluding diaryl/α,β-unsaturated/α-hetero) is 2. The van der Waals surface area contributed by atoms with Gasteiger partial charge in [-0.2, -0.15) is 0 Å². The van der Waals surface area contributed by atoms with Gasteiger partial charge in [0.25, 0.3) is 20.0 Å². The maximum absolute atomic E-state index is 12.7. The number of ketones is 2. The maximum atomic E-state index is 12.7. The number of nitrogens with one attached hydrogen (secondary N) is 2. The molecule has 0 heterocycles. The predicted molar refractivity (Wildman–Crippen MR) is 190 cm³/mol. The zero-order chi connectivity index (χ0) is 33.5. The van der Waals surface area contributed by atoms with Crippen molar-refractivity contribution in [2.45, 2.75) is 9.79 Å². The van der Waals surface area contributed by atoms with Crippen LogP contribution in [0.25, 0.3) is 0 Å². The highest BCUT2D eigenvalue weighted by Gasteiger charge is 2.17. The van der Waals surface area contributed by atoms with Crippen molar-refractivity contribution in [1.29, 1.82) is 0 Å². The van der Waals surface area contributed by atoms with Crippen LogP contribution in [0.1, 0.15) is 20.7 Å². The highest BCUT2D eigenvalue weighted by atomic mass is 33.1. The molecular formula is C32H34N4O6S4. The summed E-state index contributed by atoms with van der Waals surface area (Å²) in [6, 6.07) is 25.3. The van der Waals surface area contributed by atoms with E-state index in [1.807, 2.05) is 38.0 Å². The van der Waals surface area contributed by atoms with Crippen molar-refractivity contribution in [3.8, 4) is 0 Å². The normalized spacial score (nSPS) is 11.5. The molecule has 0 bridgehead atoms. The first kappa shape index (κ1) is 34.9. The zero-order valence-corrected chi connectivity index (χ0v) is 28.9. The molecule has 2 N–H and O–H groups in total. The second-order valence-electron chi connectivity index (χ2n) is 10.5. The number of carbonyl (C=O) groups excluding carboxylic acids is 2. The average Bonchev–Trinajstić information content (AvgIpc) is 3.03. The molecule has 0 aromatic heterocycles. The molecule has 0 saturated heterocycles. The SMILES string of the molecule is CN(C)c1ccc(S(=O)(=O)Nc2ccc(C(=O)CSSCC(=O)c3ccc(NS(=O)(=O)c4ccc(N(C)C)cc4)cc3)cc2)cc1. The monoisotopic (exact) mass is 698 g/mol. The lowest BCUT2D eigenvalue weighted by atomic mass is 10.1. The molecule has 4 rings (SSSR count). The van der Waals surface area contributed by atoms with Gasteiger partial charge in [-0.15, -0.1) is 0 Å². The van der Waals surface area contributed by atoms with Crippen molar-refractivity contribution in [3.63, 3.8) is 0 Å². The topological polar surface area (TPSA) is 133 Å². The molecular weight excluding hydrogens is 665 g/mol. The molecule has 4 aromatic carbocycles. The second kappa shape index (κ2) is 15.1. The third-order valence-corrected chi connectivity index (χ3v) is 11.6. The molecule has 0 aliphatic heterocycles. The van der Waals surface area contributed by atoms with Gasteiger partial charge in [-0.25, -0.2) is 16.8 Å². The number of hydrogen-bond acceptors (Lipinski definition) is 10. The predicted octanol–water partition coefficient (Wildman–Crippen LogP) is 5.87. The zero-order valence-electron chi connectivity index (χ0n) is 25.6. The summed E-state index contributed by atoms with van der Waals surface area (Å²) in [5, 5.41) is 0. The highest BCUT2D eigenvalue weighted by Crippen LogP contribution is 2.26. The van der Waals surface area contributed by atoms with Gasteiger partial charge in [-0.05, 0) is 97.1 Å². The van der Waals surface area contributed by atoms with Gasteiger partial charge in [0.05, 0.1) is 21.3 Å². The fraction of sp³-hybridized carbons (Fsp3) is 0.188. The molecule has 242 valence electrons. The molecule has 0 aliphatic rings. The Morgan fingerprint density at radius 3 is 1.11 bits per heavy atom. The molecule has 14 heteroatoms. The minimum Gasteiger partial charge on any atom is -0.378 e. The van der Waals surface area contributed by atoms with Crippen LogP contribution >= 0.6 is 21.6 Å². The van der Waals surface area contributed by atoms with Gasteiger partial charge < -0.3 is 9.80 Å². The lowest BCUT2D eigenvalue weighted by Crippen LogP contribution is -2.14. The van der Waals surface area contributed by atoms with Crippen LogP contribution in [0.4, 0.5) is 22.7 Å². The minimum absolute atomic E-state index is 0.123. The van der Waals surface area contributed by atoms with Crippen molar-refractivity contribution in [2.75, 3.05) is 58.9 Å². The van der Waals surface area contributed by atoms with Crippen LogP contribution in [0.5, 0.6) is 0 Å². The number of benzene rings is 4. The quantitative estimate of drug-likeness (QED) is 0.0883. The summed E-state index contributed by atoms with van der Waals surface area (Å²) >= 11 is 0. The third kappa shape index (κ3) is 9.28. The summed E-state index contributed by atoms with van der Waals surface area (Å²) in [5.41, 5.74) is 3.26. The van der Waals surface area contributed by atoms with Gasteiger partial charge in [0, 0.05) is 62.1 Å². The molecule has 0 unspecified atom stereocenters. The molecule has 0 saturated carbocycles. The lowest BCUT2D eigenvalue weighted by molar-refractivity contribution is 0.101. The molecule has 4 aromatic rings. The third-order valence-electron chi connectivity index (χ3n) is 6.71. The second-order valence-corrected chi connectivity index (χ2v) is 16.3. The molecule has 46 heavy (non-hydrogen) atoms. The van der Waals surface area contributed by atoms with E-state index in [0.29, 0.717) is 22.5 Å². The first-order valence-corrected chi connectivity index (χ1v) is 19.3. The van der Waals surface area contributed by atoms with Crippen molar-refractivity contribution < 1.29 is 26.4 Å². The van der Waals surface area contributed by atoms with Gasteiger partial charge in [-0.1, -0.05) is 21.6 Å². The van der Waals surface area contributed by atoms with E-state index in [9.17, 15) is 26.4 Å². The van der Waals surface area contributed by atoms with E-state index in [0.717, 1.165) is 11.4 Å². The Hall–Kier alpha value is -3.98. The standard InChI is InChI=1S/C32H34N4O6S4/c1-35(2)27-13-17-29(18-14-27)45(39,40)33-25-9-5-23(6-10-25)31(37)21-43-44-22-32(38)24-7-11-26(12-8-24)34-46(41,42)30-19-15-28(16-20-30)36(3)4/h5-20,33-34H,21-22H2,1-4H3. The van der Waals surface area contributed by atoms with Crippen molar-refractivity contribution >= 4 is 76.0 Å². The van der Waals surface area contributed by atoms with E-state index in [2.05, 4.69) is 9.44 Å². The minimum atomic E-state index is -3.79. The van der Waals surface area contributed by atoms with E-state index in [1.165, 1.54) is 70.1 Å². The highest BCUT2D eigenvalue weighted by molar-refractivity contribution is 8.77. The Morgan fingerprint density at radius 1 is 0.522 bits per heavy atom. The molecule has 0 amide bonds. The van der Waals surface area contributed by atoms with Crippen LogP contribution in [0, 0.1) is 0 Å². The van der Waals surface area contributed by atoms with Crippen molar-refractivity contribution in [2.24, 2.45) is 0 Å². The number of rotatable bonds is 15. The Balaban J connectivity index is 1.22. The summed E-state index contributed by atoms with van der Waals surface area (Å²) in [7, 11) is 2.38. The number of nitrogens with zero attached hydrogens (tertiary/aromatic N) is 2. The summed E-state index contributed by atoms with van der Waals surface area (Å²) in [5.74, 6) is -0.0761. The summed E-state index contributed by atoms with van der Waals surface area (Å²) in [6.07, 6.45) is 0. The van der Waals surface area contributed by atoms with E-state index < -0.39 is 20.0 Å². The largest absolute Gasteiger partial charge is 0.378 e. The number of hydrogen-bond donors (Lipinski definition) is 2. The first-order valence-electron chi connectivity index (χ1n) is 13.9. The Bertz CT molecular complexity index is 1740. The number of anilines is 4. The Kier molecular flexibility index (Phi) is 11.4. The number of carbonyl (C=O) groups is 2. The van der Waals surface area contributed by atoms with E-state index in [1.54, 1.807) is 48.5 Å². The van der Waals surface area contributed by atoms with Crippen LogP contribution < -0.4 is 19.2 Å². The van der Waals surface area contributed by atoms with Gasteiger partial charge >= 0.3 is 0 Å². The Morgan fingerprint density at radius 2 is 0.826 bits per heavy atom. The van der Waals surface area contributed by atoms with Crippen LogP contribution in [0.3, 0.4) is 0 Å². The fourth-order valence-corrected chi connectivity index (χ4v) is 8.05. The number of sulfonamides is 2. The van der Waals surface area contributed by atoms with Crippen LogP contribution in [-0.2, 0) is 20.0 Å². The average molecular weight is 699 g/mol. The summed E-state index contributed by atoms with van der Waals surface area (Å²) in [6.45, 7) is 0. The first-order chi connectivity index (χ1) is 21.7. The van der Waals surface area contributed by atoms with Crippen LogP contribution in [0.15, 0.2) is 107 Å². The molecule has 0 radical (unpaired) electrons. The molecule has 0 aliphatic carbocycles. The summed E-state index contributed by atoms with van der Waals surface area (Å²) < 4.78 is 56.0. The van der Waals surface area contributed by atoms with Crippen molar-refractivity contribution in [1.82, 2.24) is 0 Å². The molecule has 10 nitrogen and oxygen atoms in total. The molecule has 0 spiro atoms. The molecule has 0 atom stereocenters. The van der Waals surface area contributed by atoms with Gasteiger partial charge in [0.15, 0.2) is 11.6 Å². The molecule has 0 fully saturated rings.